The van der Waals surface area contributed by atoms with Crippen LogP contribution in [0.5, 0.6) is 0 Å². The largest absolute Gasteiger partial charge is 0.444 e. The highest BCUT2D eigenvalue weighted by molar-refractivity contribution is 5.68. The van der Waals surface area contributed by atoms with Crippen molar-refractivity contribution in [2.75, 3.05) is 19.6 Å². The predicted molar refractivity (Wildman–Crippen MR) is 84.4 cm³/mol. The van der Waals surface area contributed by atoms with E-state index < -0.39 is 5.60 Å². The van der Waals surface area contributed by atoms with Crippen LogP contribution in [0.2, 0.25) is 0 Å². The summed E-state index contributed by atoms with van der Waals surface area (Å²) in [5, 5.41) is 3.49. The number of ether oxygens (including phenoxy) is 1. The smallest absolute Gasteiger partial charge is 0.410 e. The van der Waals surface area contributed by atoms with E-state index in [1.165, 1.54) is 5.56 Å². The molecule has 0 bridgehead atoms. The molecular formula is C17H26N2O2. The molecule has 1 aromatic rings. The first kappa shape index (κ1) is 15.8. The Bertz CT molecular complexity index is 454. The van der Waals surface area contributed by atoms with Crippen molar-refractivity contribution in [3.63, 3.8) is 0 Å². The lowest BCUT2D eigenvalue weighted by Crippen LogP contribution is -2.53. The van der Waals surface area contributed by atoms with Crippen molar-refractivity contribution < 1.29 is 9.53 Å². The van der Waals surface area contributed by atoms with Gasteiger partial charge in [-0.25, -0.2) is 4.79 Å². The summed E-state index contributed by atoms with van der Waals surface area (Å²) in [6, 6.07) is 10.8. The second-order valence-electron chi connectivity index (χ2n) is 6.60. The third-order valence-corrected chi connectivity index (χ3v) is 3.53. The molecular weight excluding hydrogens is 264 g/mol. The van der Waals surface area contributed by atoms with Crippen LogP contribution in [-0.4, -0.2) is 42.3 Å². The van der Waals surface area contributed by atoms with Gasteiger partial charge in [-0.05, 0) is 39.2 Å². The fourth-order valence-corrected chi connectivity index (χ4v) is 2.50. The van der Waals surface area contributed by atoms with Gasteiger partial charge >= 0.3 is 6.09 Å². The minimum atomic E-state index is -0.429. The van der Waals surface area contributed by atoms with Crippen LogP contribution in [0.25, 0.3) is 0 Å². The van der Waals surface area contributed by atoms with Gasteiger partial charge in [0, 0.05) is 25.7 Å². The van der Waals surface area contributed by atoms with Crippen LogP contribution in [0.1, 0.15) is 32.8 Å². The maximum Gasteiger partial charge on any atom is 0.410 e. The van der Waals surface area contributed by atoms with Gasteiger partial charge in [0.25, 0.3) is 0 Å². The number of benzene rings is 1. The fourth-order valence-electron chi connectivity index (χ4n) is 2.50. The van der Waals surface area contributed by atoms with Crippen molar-refractivity contribution in [2.45, 2.75) is 45.3 Å². The molecule has 1 atom stereocenters. The fraction of sp³-hybridized carbons (Fsp3) is 0.588. The number of rotatable bonds is 3. The Kier molecular flexibility index (Phi) is 5.23. The molecule has 1 heterocycles. The Hall–Kier alpha value is -1.55. The van der Waals surface area contributed by atoms with Gasteiger partial charge < -0.3 is 15.0 Å². The third-order valence-electron chi connectivity index (χ3n) is 3.53. The van der Waals surface area contributed by atoms with Crippen LogP contribution in [0, 0.1) is 0 Å². The molecule has 2 rings (SSSR count). The first-order chi connectivity index (χ1) is 9.94. The van der Waals surface area contributed by atoms with Crippen LogP contribution in [-0.2, 0) is 11.2 Å². The number of piperazine rings is 1. The molecule has 1 N–H and O–H groups in total. The number of hydrogen-bond donors (Lipinski definition) is 1. The van der Waals surface area contributed by atoms with E-state index in [0.29, 0.717) is 6.04 Å². The van der Waals surface area contributed by atoms with E-state index >= 15 is 0 Å². The molecule has 0 aromatic heterocycles. The minimum Gasteiger partial charge on any atom is -0.444 e. The molecule has 116 valence electrons. The molecule has 1 aliphatic rings. The standard InChI is InChI=1S/C17H26N2O2/c1-17(2,3)21-16(20)19-12-11-18-15(13-19)10-9-14-7-5-4-6-8-14/h4-8,15,18H,9-13H2,1-3H3/t15-/m0/s1. The van der Waals surface area contributed by atoms with Gasteiger partial charge in [0.2, 0.25) is 0 Å². The minimum absolute atomic E-state index is 0.200. The SMILES string of the molecule is CC(C)(C)OC(=O)N1CCN[C@@H](CCc2ccccc2)C1. The van der Waals surface area contributed by atoms with E-state index in [1.54, 1.807) is 0 Å². The van der Waals surface area contributed by atoms with Crippen LogP contribution in [0.3, 0.4) is 0 Å². The zero-order valence-corrected chi connectivity index (χ0v) is 13.3. The first-order valence-corrected chi connectivity index (χ1v) is 7.69. The number of nitrogens with one attached hydrogen (secondary N) is 1. The van der Waals surface area contributed by atoms with E-state index in [4.69, 9.17) is 4.74 Å². The van der Waals surface area contributed by atoms with Gasteiger partial charge in [-0.15, -0.1) is 0 Å². The molecule has 4 nitrogen and oxygen atoms in total. The highest BCUT2D eigenvalue weighted by Crippen LogP contribution is 2.13. The summed E-state index contributed by atoms with van der Waals surface area (Å²) in [5.74, 6) is 0. The van der Waals surface area contributed by atoms with Gasteiger partial charge in [0.15, 0.2) is 0 Å². The number of carbonyl (C=O) groups is 1. The quantitative estimate of drug-likeness (QED) is 0.930. The normalized spacial score (nSPS) is 19.4. The summed E-state index contributed by atoms with van der Waals surface area (Å²) in [5.41, 5.74) is 0.912. The van der Waals surface area contributed by atoms with Gasteiger partial charge in [0.1, 0.15) is 5.60 Å². The summed E-state index contributed by atoms with van der Waals surface area (Å²) in [6.45, 7) is 7.98. The molecule has 0 spiro atoms. The molecule has 1 amide bonds. The summed E-state index contributed by atoms with van der Waals surface area (Å²) in [7, 11) is 0. The van der Waals surface area contributed by atoms with Crippen LogP contribution in [0.15, 0.2) is 30.3 Å². The third kappa shape index (κ3) is 5.38. The highest BCUT2D eigenvalue weighted by atomic mass is 16.6. The number of nitrogens with zero attached hydrogens (tertiary/aromatic N) is 1. The maximum atomic E-state index is 12.1. The molecule has 1 aromatic carbocycles. The molecule has 1 fully saturated rings. The Morgan fingerprint density at radius 1 is 1.33 bits per heavy atom. The maximum absolute atomic E-state index is 12.1. The van der Waals surface area contributed by atoms with E-state index in [9.17, 15) is 4.79 Å². The zero-order chi connectivity index (χ0) is 15.3. The van der Waals surface area contributed by atoms with Crippen LogP contribution in [0.4, 0.5) is 4.79 Å². The van der Waals surface area contributed by atoms with Gasteiger partial charge in [-0.1, -0.05) is 30.3 Å². The monoisotopic (exact) mass is 290 g/mol. The number of amides is 1. The Morgan fingerprint density at radius 2 is 2.05 bits per heavy atom. The van der Waals surface area contributed by atoms with Crippen LogP contribution >= 0.6 is 0 Å². The van der Waals surface area contributed by atoms with E-state index in [2.05, 4.69) is 29.6 Å². The second-order valence-corrected chi connectivity index (χ2v) is 6.60. The van der Waals surface area contributed by atoms with Crippen molar-refractivity contribution in [3.8, 4) is 0 Å². The molecule has 1 aliphatic heterocycles. The second kappa shape index (κ2) is 6.94. The number of carbonyl (C=O) groups excluding carboxylic acids is 1. The topological polar surface area (TPSA) is 41.6 Å². The Morgan fingerprint density at radius 3 is 2.71 bits per heavy atom. The van der Waals surface area contributed by atoms with E-state index in [0.717, 1.165) is 32.5 Å². The Labute approximate surface area is 127 Å². The van der Waals surface area contributed by atoms with Crippen molar-refractivity contribution in [3.05, 3.63) is 35.9 Å². The van der Waals surface area contributed by atoms with Crippen molar-refractivity contribution >= 4 is 6.09 Å². The summed E-state index contributed by atoms with van der Waals surface area (Å²) in [6.07, 6.45) is 1.86. The van der Waals surface area contributed by atoms with Gasteiger partial charge in [-0.3, -0.25) is 0 Å². The van der Waals surface area contributed by atoms with Crippen molar-refractivity contribution in [1.29, 1.82) is 0 Å². The molecule has 0 unspecified atom stereocenters. The molecule has 0 radical (unpaired) electrons. The summed E-state index contributed by atoms with van der Waals surface area (Å²) >= 11 is 0. The average Bonchev–Trinajstić information content (AvgIpc) is 2.45. The van der Waals surface area contributed by atoms with Gasteiger partial charge in [0.05, 0.1) is 0 Å². The lowest BCUT2D eigenvalue weighted by molar-refractivity contribution is 0.0193. The highest BCUT2D eigenvalue weighted by Gasteiger charge is 2.27. The van der Waals surface area contributed by atoms with E-state index in [-0.39, 0.29) is 6.09 Å². The number of hydrogen-bond acceptors (Lipinski definition) is 3. The zero-order valence-electron chi connectivity index (χ0n) is 13.3. The molecule has 1 saturated heterocycles. The lowest BCUT2D eigenvalue weighted by Gasteiger charge is -2.35. The van der Waals surface area contributed by atoms with Gasteiger partial charge in [-0.2, -0.15) is 0 Å². The Balaban J connectivity index is 1.82. The molecule has 0 aliphatic carbocycles. The molecule has 0 saturated carbocycles. The summed E-state index contributed by atoms with van der Waals surface area (Å²) in [4.78, 5) is 13.9. The van der Waals surface area contributed by atoms with Crippen molar-refractivity contribution in [2.24, 2.45) is 0 Å². The summed E-state index contributed by atoms with van der Waals surface area (Å²) < 4.78 is 5.45. The van der Waals surface area contributed by atoms with Crippen LogP contribution < -0.4 is 5.32 Å². The van der Waals surface area contributed by atoms with Crippen molar-refractivity contribution in [1.82, 2.24) is 10.2 Å². The van der Waals surface area contributed by atoms with E-state index in [1.807, 2.05) is 31.7 Å². The number of aryl methyl sites for hydroxylation is 1. The molecule has 4 heteroatoms. The predicted octanol–water partition coefficient (Wildman–Crippen LogP) is 2.83. The first-order valence-electron chi connectivity index (χ1n) is 7.69. The molecule has 21 heavy (non-hydrogen) atoms. The lowest BCUT2D eigenvalue weighted by atomic mass is 10.0. The average molecular weight is 290 g/mol.